The summed E-state index contributed by atoms with van der Waals surface area (Å²) in [4.78, 5) is 24.8. The molecule has 2 bridgehead atoms. The van der Waals surface area contributed by atoms with Crippen LogP contribution in [0.4, 0.5) is 5.69 Å². The van der Waals surface area contributed by atoms with Crippen molar-refractivity contribution in [3.63, 3.8) is 0 Å². The van der Waals surface area contributed by atoms with Crippen LogP contribution in [-0.2, 0) is 14.3 Å². The summed E-state index contributed by atoms with van der Waals surface area (Å²) in [5, 5.41) is 3.42. The van der Waals surface area contributed by atoms with Crippen molar-refractivity contribution in [2.75, 3.05) is 5.32 Å². The Kier molecular flexibility index (Phi) is 3.55. The Hall–Kier alpha value is -0.590. The van der Waals surface area contributed by atoms with E-state index in [1.165, 1.54) is 0 Å². The van der Waals surface area contributed by atoms with Crippen LogP contribution in [0.25, 0.3) is 0 Å². The minimum absolute atomic E-state index is 0.0614. The topological polar surface area (TPSA) is 55.4 Å². The van der Waals surface area contributed by atoms with Crippen LogP contribution in [-0.4, -0.2) is 22.8 Å². The Morgan fingerprint density at radius 2 is 2.14 bits per heavy atom. The van der Waals surface area contributed by atoms with Gasteiger partial charge in [0.1, 0.15) is 6.10 Å². The van der Waals surface area contributed by atoms with Gasteiger partial charge in [0.25, 0.3) is 0 Å². The molecule has 6 atom stereocenters. The zero-order valence-electron chi connectivity index (χ0n) is 11.3. The minimum atomic E-state index is -0.331. The number of esters is 1. The van der Waals surface area contributed by atoms with Crippen LogP contribution in [0.15, 0.2) is 22.7 Å². The van der Waals surface area contributed by atoms with Crippen LogP contribution in [0.1, 0.15) is 6.42 Å². The summed E-state index contributed by atoms with van der Waals surface area (Å²) >= 11 is 13.0. The van der Waals surface area contributed by atoms with Gasteiger partial charge >= 0.3 is 5.97 Å². The zero-order chi connectivity index (χ0) is 15.6. The molecule has 1 saturated heterocycles. The number of fused-ring (bicyclic) bond motifs is 1. The van der Waals surface area contributed by atoms with E-state index in [1.54, 1.807) is 18.2 Å². The number of anilines is 1. The second-order valence-electron chi connectivity index (χ2n) is 6.08. The Balaban J connectivity index is 1.58. The van der Waals surface area contributed by atoms with Crippen molar-refractivity contribution < 1.29 is 14.3 Å². The fraction of sp³-hybridized carbons (Fsp3) is 0.467. The van der Waals surface area contributed by atoms with Crippen molar-refractivity contribution >= 4 is 61.0 Å². The molecule has 3 aliphatic rings. The van der Waals surface area contributed by atoms with Crippen molar-refractivity contribution in [3.8, 4) is 0 Å². The van der Waals surface area contributed by atoms with Gasteiger partial charge in [-0.1, -0.05) is 27.5 Å². The molecule has 1 amide bonds. The molecule has 2 saturated carbocycles. The van der Waals surface area contributed by atoms with E-state index in [0.717, 1.165) is 10.9 Å². The van der Waals surface area contributed by atoms with E-state index >= 15 is 0 Å². The maximum absolute atomic E-state index is 12.7. The maximum Gasteiger partial charge on any atom is 0.310 e. The van der Waals surface area contributed by atoms with Crippen LogP contribution >= 0.6 is 43.5 Å². The van der Waals surface area contributed by atoms with Gasteiger partial charge in [-0.2, -0.15) is 0 Å². The second-order valence-corrected chi connectivity index (χ2v) is 8.40. The number of amides is 1. The number of nitrogens with one attached hydrogen (secondary N) is 1. The van der Waals surface area contributed by atoms with E-state index in [-0.39, 0.29) is 46.5 Å². The number of rotatable bonds is 2. The fourth-order valence-electron chi connectivity index (χ4n) is 4.13. The highest BCUT2D eigenvalue weighted by Gasteiger charge is 2.67. The van der Waals surface area contributed by atoms with Gasteiger partial charge in [0.2, 0.25) is 5.91 Å². The molecule has 1 N–H and O–H groups in total. The minimum Gasteiger partial charge on any atom is -0.461 e. The summed E-state index contributed by atoms with van der Waals surface area (Å²) in [7, 11) is 0. The predicted molar refractivity (Wildman–Crippen MR) is 89.0 cm³/mol. The summed E-state index contributed by atoms with van der Waals surface area (Å²) in [6, 6.07) is 5.26. The van der Waals surface area contributed by atoms with Gasteiger partial charge in [-0.3, -0.25) is 9.59 Å². The first-order chi connectivity index (χ1) is 10.5. The zero-order valence-corrected chi connectivity index (χ0v) is 15.2. The van der Waals surface area contributed by atoms with Crippen molar-refractivity contribution in [1.29, 1.82) is 0 Å². The molecule has 0 radical (unpaired) electrons. The summed E-state index contributed by atoms with van der Waals surface area (Å²) in [5.41, 5.74) is 0.634. The summed E-state index contributed by atoms with van der Waals surface area (Å²) in [6.45, 7) is 0. The Labute approximate surface area is 149 Å². The lowest BCUT2D eigenvalue weighted by atomic mass is 9.79. The second kappa shape index (κ2) is 5.21. The molecule has 7 heteroatoms. The SMILES string of the molecule is O=C(Nc1ccc(Br)c(Cl)c1)[C@@H]1[C@H]2C[C@H]3[C@H](OC(=O)[C@H]31)[C@H]2Br. The molecule has 1 aromatic carbocycles. The van der Waals surface area contributed by atoms with Crippen LogP contribution in [0.5, 0.6) is 0 Å². The predicted octanol–water partition coefficient (Wildman–Crippen LogP) is 3.61. The third-order valence-electron chi connectivity index (χ3n) is 5.01. The van der Waals surface area contributed by atoms with Crippen LogP contribution in [0.2, 0.25) is 5.02 Å². The highest BCUT2D eigenvalue weighted by molar-refractivity contribution is 9.10. The molecule has 0 spiro atoms. The molecular weight excluding hydrogens is 437 g/mol. The molecule has 116 valence electrons. The van der Waals surface area contributed by atoms with Gasteiger partial charge in [0, 0.05) is 16.1 Å². The Morgan fingerprint density at radius 3 is 2.86 bits per heavy atom. The smallest absolute Gasteiger partial charge is 0.310 e. The summed E-state index contributed by atoms with van der Waals surface area (Å²) in [6.07, 6.45) is 0.810. The summed E-state index contributed by atoms with van der Waals surface area (Å²) < 4.78 is 6.20. The molecule has 1 aromatic rings. The van der Waals surface area contributed by atoms with Gasteiger partial charge in [-0.25, -0.2) is 0 Å². The number of benzene rings is 1. The Bertz CT molecular complexity index is 683. The standard InChI is InChI=1S/C15H12Br2ClNO3/c16-8-2-1-5(3-9(8)18)19-14(20)10-6-4-7-11(10)15(21)22-13(7)12(6)17/h1-3,6-7,10-13H,4H2,(H,19,20)/t6-,7-,10-,11-,12+,13+/m1/s1. The molecule has 0 unspecified atom stereocenters. The third kappa shape index (κ3) is 2.07. The average Bonchev–Trinajstić information content (AvgIpc) is 3.07. The first kappa shape index (κ1) is 15.0. The quantitative estimate of drug-likeness (QED) is 0.554. The van der Waals surface area contributed by atoms with Gasteiger partial charge in [0.05, 0.1) is 21.7 Å². The third-order valence-corrected chi connectivity index (χ3v) is 7.45. The van der Waals surface area contributed by atoms with E-state index < -0.39 is 0 Å². The number of alkyl halides is 1. The molecule has 4 nitrogen and oxygen atoms in total. The summed E-state index contributed by atoms with van der Waals surface area (Å²) in [5.74, 6) is -0.660. The Morgan fingerprint density at radius 1 is 1.36 bits per heavy atom. The number of carbonyl (C=O) groups excluding carboxylic acids is 2. The molecule has 1 heterocycles. The molecule has 1 aliphatic heterocycles. The van der Waals surface area contributed by atoms with Crippen LogP contribution in [0, 0.1) is 23.7 Å². The van der Waals surface area contributed by atoms with Crippen LogP contribution in [0.3, 0.4) is 0 Å². The van der Waals surface area contributed by atoms with E-state index in [0.29, 0.717) is 10.7 Å². The average molecular weight is 450 g/mol. The largest absolute Gasteiger partial charge is 0.461 e. The van der Waals surface area contributed by atoms with Crippen LogP contribution < -0.4 is 5.32 Å². The van der Waals surface area contributed by atoms with Crippen molar-refractivity contribution in [1.82, 2.24) is 0 Å². The number of hydrogen-bond acceptors (Lipinski definition) is 3. The van der Waals surface area contributed by atoms with E-state index in [2.05, 4.69) is 37.2 Å². The lowest BCUT2D eigenvalue weighted by Crippen LogP contribution is -2.40. The van der Waals surface area contributed by atoms with E-state index in [1.807, 2.05) is 0 Å². The first-order valence-electron chi connectivity index (χ1n) is 7.08. The van der Waals surface area contributed by atoms with Gasteiger partial charge in [0.15, 0.2) is 0 Å². The molecular formula is C15H12Br2ClNO3. The maximum atomic E-state index is 12.7. The molecule has 0 aromatic heterocycles. The van der Waals surface area contributed by atoms with Crippen molar-refractivity contribution in [3.05, 3.63) is 27.7 Å². The molecule has 4 rings (SSSR count). The van der Waals surface area contributed by atoms with E-state index in [4.69, 9.17) is 16.3 Å². The van der Waals surface area contributed by atoms with Gasteiger partial charge in [-0.15, -0.1) is 0 Å². The number of ether oxygens (including phenoxy) is 1. The van der Waals surface area contributed by atoms with Gasteiger partial charge < -0.3 is 10.1 Å². The van der Waals surface area contributed by atoms with Crippen molar-refractivity contribution in [2.24, 2.45) is 23.7 Å². The monoisotopic (exact) mass is 447 g/mol. The normalized spacial score (nSPS) is 38.2. The number of halogens is 3. The highest BCUT2D eigenvalue weighted by atomic mass is 79.9. The van der Waals surface area contributed by atoms with E-state index in [9.17, 15) is 9.59 Å². The fourth-order valence-corrected chi connectivity index (χ4v) is 5.60. The molecule has 3 fully saturated rings. The lowest BCUT2D eigenvalue weighted by molar-refractivity contribution is -0.145. The van der Waals surface area contributed by atoms with Gasteiger partial charge in [-0.05, 0) is 46.5 Å². The first-order valence-corrected chi connectivity index (χ1v) is 9.16. The lowest BCUT2D eigenvalue weighted by Gasteiger charge is -2.27. The highest BCUT2D eigenvalue weighted by Crippen LogP contribution is 2.60. The number of carbonyl (C=O) groups is 2. The number of hydrogen-bond donors (Lipinski definition) is 1. The molecule has 22 heavy (non-hydrogen) atoms. The van der Waals surface area contributed by atoms with Crippen molar-refractivity contribution in [2.45, 2.75) is 17.4 Å². The molecule has 2 aliphatic carbocycles.